The SMILES string of the molecule is CC(O)CCCCN1CCC(C)(C)CC1. The Labute approximate surface area is 94.7 Å². The van der Waals surface area contributed by atoms with E-state index in [-0.39, 0.29) is 6.10 Å². The molecule has 0 aliphatic carbocycles. The summed E-state index contributed by atoms with van der Waals surface area (Å²) in [5, 5.41) is 9.14. The van der Waals surface area contributed by atoms with Crippen molar-refractivity contribution in [2.75, 3.05) is 19.6 Å². The van der Waals surface area contributed by atoms with E-state index in [4.69, 9.17) is 5.11 Å². The molecule has 1 atom stereocenters. The lowest BCUT2D eigenvalue weighted by molar-refractivity contribution is 0.127. The molecule has 1 heterocycles. The first-order valence-corrected chi connectivity index (χ1v) is 6.40. The molecule has 2 nitrogen and oxygen atoms in total. The zero-order valence-electron chi connectivity index (χ0n) is 10.6. The Morgan fingerprint density at radius 1 is 1.20 bits per heavy atom. The highest BCUT2D eigenvalue weighted by molar-refractivity contribution is 4.78. The number of rotatable bonds is 5. The van der Waals surface area contributed by atoms with Crippen molar-refractivity contribution in [2.45, 2.75) is 59.0 Å². The number of hydrogen-bond donors (Lipinski definition) is 1. The van der Waals surface area contributed by atoms with E-state index in [1.54, 1.807) is 0 Å². The molecular weight excluding hydrogens is 186 g/mol. The standard InChI is InChI=1S/C13H27NO/c1-12(15)6-4-5-9-14-10-7-13(2,3)8-11-14/h12,15H,4-11H2,1-3H3. The first-order valence-electron chi connectivity index (χ1n) is 6.40. The van der Waals surface area contributed by atoms with E-state index in [0.29, 0.717) is 5.41 Å². The van der Waals surface area contributed by atoms with Gasteiger partial charge in [0.1, 0.15) is 0 Å². The van der Waals surface area contributed by atoms with Crippen molar-refractivity contribution in [3.8, 4) is 0 Å². The van der Waals surface area contributed by atoms with Crippen molar-refractivity contribution in [1.29, 1.82) is 0 Å². The molecule has 1 unspecified atom stereocenters. The first-order chi connectivity index (χ1) is 6.99. The molecule has 0 aromatic carbocycles. The number of aliphatic hydroxyl groups excluding tert-OH is 1. The van der Waals surface area contributed by atoms with Crippen LogP contribution in [0.4, 0.5) is 0 Å². The lowest BCUT2D eigenvalue weighted by Gasteiger charge is -2.36. The van der Waals surface area contributed by atoms with Gasteiger partial charge >= 0.3 is 0 Å². The van der Waals surface area contributed by atoms with Crippen LogP contribution >= 0.6 is 0 Å². The van der Waals surface area contributed by atoms with Crippen LogP contribution in [0.25, 0.3) is 0 Å². The summed E-state index contributed by atoms with van der Waals surface area (Å²) < 4.78 is 0. The molecule has 1 rings (SSSR count). The smallest absolute Gasteiger partial charge is 0.0512 e. The lowest BCUT2D eigenvalue weighted by Crippen LogP contribution is -2.37. The van der Waals surface area contributed by atoms with Gasteiger partial charge in [0.15, 0.2) is 0 Å². The number of aliphatic hydroxyl groups is 1. The summed E-state index contributed by atoms with van der Waals surface area (Å²) in [6.45, 7) is 10.4. The third-order valence-electron chi connectivity index (χ3n) is 3.56. The van der Waals surface area contributed by atoms with E-state index in [1.165, 1.54) is 38.9 Å². The van der Waals surface area contributed by atoms with E-state index in [9.17, 15) is 0 Å². The summed E-state index contributed by atoms with van der Waals surface area (Å²) in [5.74, 6) is 0. The van der Waals surface area contributed by atoms with Gasteiger partial charge in [-0.3, -0.25) is 0 Å². The van der Waals surface area contributed by atoms with Gasteiger partial charge in [-0.25, -0.2) is 0 Å². The van der Waals surface area contributed by atoms with Crippen molar-refractivity contribution in [3.63, 3.8) is 0 Å². The summed E-state index contributed by atoms with van der Waals surface area (Å²) in [6.07, 6.45) is 5.92. The topological polar surface area (TPSA) is 23.5 Å². The Morgan fingerprint density at radius 2 is 1.80 bits per heavy atom. The molecule has 2 heteroatoms. The zero-order valence-corrected chi connectivity index (χ0v) is 10.6. The number of hydrogen-bond acceptors (Lipinski definition) is 2. The van der Waals surface area contributed by atoms with Crippen LogP contribution in [0, 0.1) is 5.41 Å². The fourth-order valence-electron chi connectivity index (χ4n) is 2.16. The van der Waals surface area contributed by atoms with Crippen molar-refractivity contribution in [2.24, 2.45) is 5.41 Å². The van der Waals surface area contributed by atoms with Crippen LogP contribution in [-0.4, -0.2) is 35.7 Å². The highest BCUT2D eigenvalue weighted by Gasteiger charge is 2.24. The second-order valence-corrected chi connectivity index (χ2v) is 5.85. The second-order valence-electron chi connectivity index (χ2n) is 5.85. The predicted molar refractivity (Wildman–Crippen MR) is 65.0 cm³/mol. The Kier molecular flexibility index (Phi) is 5.07. The molecule has 0 radical (unpaired) electrons. The van der Waals surface area contributed by atoms with Gasteiger partial charge in [0.2, 0.25) is 0 Å². The number of likely N-dealkylation sites (tertiary alicyclic amines) is 1. The van der Waals surface area contributed by atoms with Crippen LogP contribution in [-0.2, 0) is 0 Å². The van der Waals surface area contributed by atoms with Crippen molar-refractivity contribution in [1.82, 2.24) is 4.90 Å². The Balaban J connectivity index is 2.04. The molecule has 90 valence electrons. The maximum atomic E-state index is 9.14. The largest absolute Gasteiger partial charge is 0.393 e. The molecule has 0 amide bonds. The fraction of sp³-hybridized carbons (Fsp3) is 1.00. The molecule has 0 aromatic rings. The molecule has 15 heavy (non-hydrogen) atoms. The van der Waals surface area contributed by atoms with Gasteiger partial charge in [-0.2, -0.15) is 0 Å². The number of unbranched alkanes of at least 4 members (excludes halogenated alkanes) is 1. The van der Waals surface area contributed by atoms with Gasteiger partial charge in [-0.05, 0) is 64.1 Å². The Morgan fingerprint density at radius 3 is 2.33 bits per heavy atom. The quantitative estimate of drug-likeness (QED) is 0.710. The minimum atomic E-state index is -0.120. The first kappa shape index (κ1) is 13.0. The van der Waals surface area contributed by atoms with Crippen LogP contribution in [0.3, 0.4) is 0 Å². The van der Waals surface area contributed by atoms with Crippen LogP contribution in [0.5, 0.6) is 0 Å². The average Bonchev–Trinajstić information content (AvgIpc) is 2.14. The van der Waals surface area contributed by atoms with Gasteiger partial charge in [0.25, 0.3) is 0 Å². The van der Waals surface area contributed by atoms with Crippen molar-refractivity contribution >= 4 is 0 Å². The molecule has 0 aromatic heterocycles. The lowest BCUT2D eigenvalue weighted by atomic mass is 9.82. The minimum Gasteiger partial charge on any atom is -0.393 e. The summed E-state index contributed by atoms with van der Waals surface area (Å²) in [5.41, 5.74) is 0.566. The van der Waals surface area contributed by atoms with Gasteiger partial charge in [0, 0.05) is 0 Å². The normalized spacial score (nSPS) is 24.0. The predicted octanol–water partition coefficient (Wildman–Crippen LogP) is 2.66. The third-order valence-corrected chi connectivity index (χ3v) is 3.56. The van der Waals surface area contributed by atoms with Gasteiger partial charge in [0.05, 0.1) is 6.10 Å². The van der Waals surface area contributed by atoms with Crippen LogP contribution in [0.15, 0.2) is 0 Å². The monoisotopic (exact) mass is 213 g/mol. The molecule has 1 aliphatic rings. The maximum absolute atomic E-state index is 9.14. The van der Waals surface area contributed by atoms with E-state index >= 15 is 0 Å². The fourth-order valence-corrected chi connectivity index (χ4v) is 2.16. The second kappa shape index (κ2) is 5.86. The van der Waals surface area contributed by atoms with E-state index in [1.807, 2.05) is 6.92 Å². The molecule has 1 saturated heterocycles. The Bertz CT molecular complexity index is 167. The summed E-state index contributed by atoms with van der Waals surface area (Å²) >= 11 is 0. The molecule has 1 aliphatic heterocycles. The molecule has 0 saturated carbocycles. The molecule has 1 N–H and O–H groups in total. The highest BCUT2D eigenvalue weighted by Crippen LogP contribution is 2.29. The van der Waals surface area contributed by atoms with Crippen molar-refractivity contribution in [3.05, 3.63) is 0 Å². The molecular formula is C13H27NO. The van der Waals surface area contributed by atoms with Crippen molar-refractivity contribution < 1.29 is 5.11 Å². The molecule has 0 spiro atoms. The van der Waals surface area contributed by atoms with E-state index in [2.05, 4.69) is 18.7 Å². The van der Waals surface area contributed by atoms with E-state index in [0.717, 1.165) is 12.8 Å². The third kappa shape index (κ3) is 5.53. The Hall–Kier alpha value is -0.0800. The molecule has 1 fully saturated rings. The van der Waals surface area contributed by atoms with Crippen LogP contribution < -0.4 is 0 Å². The maximum Gasteiger partial charge on any atom is 0.0512 e. The zero-order chi connectivity index (χ0) is 11.3. The highest BCUT2D eigenvalue weighted by atomic mass is 16.3. The number of nitrogens with zero attached hydrogens (tertiary/aromatic N) is 1. The molecule has 0 bridgehead atoms. The van der Waals surface area contributed by atoms with Crippen LogP contribution in [0.2, 0.25) is 0 Å². The van der Waals surface area contributed by atoms with Crippen LogP contribution in [0.1, 0.15) is 52.9 Å². The number of piperidine rings is 1. The van der Waals surface area contributed by atoms with E-state index < -0.39 is 0 Å². The minimum absolute atomic E-state index is 0.120. The van der Waals surface area contributed by atoms with Gasteiger partial charge < -0.3 is 10.0 Å². The van der Waals surface area contributed by atoms with Gasteiger partial charge in [-0.1, -0.05) is 13.8 Å². The van der Waals surface area contributed by atoms with Gasteiger partial charge in [-0.15, -0.1) is 0 Å². The summed E-state index contributed by atoms with van der Waals surface area (Å²) in [6, 6.07) is 0. The average molecular weight is 213 g/mol. The summed E-state index contributed by atoms with van der Waals surface area (Å²) in [7, 11) is 0. The summed E-state index contributed by atoms with van der Waals surface area (Å²) in [4.78, 5) is 2.58.